The van der Waals surface area contributed by atoms with E-state index in [1.165, 1.54) is 11.1 Å². The van der Waals surface area contributed by atoms with Gasteiger partial charge in [-0.25, -0.2) is 9.97 Å². The Balaban J connectivity index is 1.60. The number of aromatic nitrogens is 3. The molecule has 0 aliphatic heterocycles. The molecule has 0 amide bonds. The number of anilines is 1. The van der Waals surface area contributed by atoms with E-state index >= 15 is 0 Å². The zero-order valence-corrected chi connectivity index (χ0v) is 14.5. The first-order chi connectivity index (χ1) is 12.2. The van der Waals surface area contributed by atoms with Crippen LogP contribution in [0.2, 0.25) is 5.02 Å². The van der Waals surface area contributed by atoms with Gasteiger partial charge in [-0.3, -0.25) is 0 Å². The van der Waals surface area contributed by atoms with Crippen molar-refractivity contribution in [1.82, 2.24) is 15.0 Å². The lowest BCUT2D eigenvalue weighted by molar-refractivity contribution is 1.11. The summed E-state index contributed by atoms with van der Waals surface area (Å²) in [6.45, 7) is 2.82. The van der Waals surface area contributed by atoms with Gasteiger partial charge in [-0.15, -0.1) is 0 Å². The molecule has 5 heteroatoms. The number of hydrogen-bond donors (Lipinski definition) is 2. The van der Waals surface area contributed by atoms with Gasteiger partial charge in [-0.05, 0) is 30.7 Å². The normalized spacial score (nSPS) is 11.0. The lowest BCUT2D eigenvalue weighted by Gasteiger charge is -2.08. The second-order valence-electron chi connectivity index (χ2n) is 6.00. The molecule has 0 saturated heterocycles. The van der Waals surface area contributed by atoms with Crippen LogP contribution in [0.5, 0.6) is 0 Å². The zero-order valence-electron chi connectivity index (χ0n) is 13.8. The predicted octanol–water partition coefficient (Wildman–Crippen LogP) is 5.20. The summed E-state index contributed by atoms with van der Waals surface area (Å²) in [6.07, 6.45) is 3.55. The van der Waals surface area contributed by atoms with E-state index < -0.39 is 0 Å². The van der Waals surface area contributed by atoms with Crippen molar-refractivity contribution in [3.8, 4) is 11.3 Å². The van der Waals surface area contributed by atoms with E-state index in [1.54, 1.807) is 6.20 Å². The molecule has 3 heterocycles. The summed E-state index contributed by atoms with van der Waals surface area (Å²) in [4.78, 5) is 12.2. The van der Waals surface area contributed by atoms with Crippen LogP contribution >= 0.6 is 11.6 Å². The Labute approximate surface area is 150 Å². The minimum Gasteiger partial charge on any atom is -0.366 e. The highest BCUT2D eigenvalue weighted by molar-refractivity contribution is 6.31. The smallest absolute Gasteiger partial charge is 0.138 e. The average molecular weight is 349 g/mol. The summed E-state index contributed by atoms with van der Waals surface area (Å²) in [5, 5.41) is 4.96. The van der Waals surface area contributed by atoms with E-state index in [2.05, 4.69) is 46.5 Å². The predicted molar refractivity (Wildman–Crippen MR) is 103 cm³/mol. The quantitative estimate of drug-likeness (QED) is 0.533. The molecule has 0 saturated carbocycles. The minimum absolute atomic E-state index is 0.613. The van der Waals surface area contributed by atoms with Crippen LogP contribution in [0.4, 0.5) is 5.82 Å². The summed E-state index contributed by atoms with van der Waals surface area (Å²) in [5.74, 6) is 0.836. The number of nitrogens with one attached hydrogen (secondary N) is 2. The molecule has 4 aromatic rings. The van der Waals surface area contributed by atoms with E-state index in [0.717, 1.165) is 34.7 Å². The SMILES string of the molecule is Cc1ccc(CNc2cccc(-c3c[nH]c4ncc(Cl)cc34)n2)cc1. The van der Waals surface area contributed by atoms with Gasteiger partial charge in [0, 0.05) is 29.9 Å². The third kappa shape index (κ3) is 3.35. The molecule has 0 aliphatic rings. The van der Waals surface area contributed by atoms with Crippen molar-refractivity contribution in [3.05, 3.63) is 77.1 Å². The highest BCUT2D eigenvalue weighted by atomic mass is 35.5. The second-order valence-corrected chi connectivity index (χ2v) is 6.44. The molecule has 3 aromatic heterocycles. The van der Waals surface area contributed by atoms with Gasteiger partial charge < -0.3 is 10.3 Å². The number of rotatable bonds is 4. The Morgan fingerprint density at radius 3 is 2.80 bits per heavy atom. The number of hydrogen-bond acceptors (Lipinski definition) is 3. The van der Waals surface area contributed by atoms with Crippen LogP contribution in [-0.2, 0) is 6.54 Å². The van der Waals surface area contributed by atoms with Crippen LogP contribution in [0, 0.1) is 6.92 Å². The summed E-state index contributed by atoms with van der Waals surface area (Å²) in [6, 6.07) is 16.3. The first kappa shape index (κ1) is 15.7. The zero-order chi connectivity index (χ0) is 17.2. The minimum atomic E-state index is 0.613. The van der Waals surface area contributed by atoms with Crippen LogP contribution in [0.1, 0.15) is 11.1 Å². The van der Waals surface area contributed by atoms with E-state index in [1.807, 2.05) is 30.5 Å². The number of benzene rings is 1. The van der Waals surface area contributed by atoms with Crippen molar-refractivity contribution >= 4 is 28.5 Å². The van der Waals surface area contributed by atoms with Gasteiger partial charge in [0.05, 0.1) is 10.7 Å². The molecular weight excluding hydrogens is 332 g/mol. The fraction of sp³-hybridized carbons (Fsp3) is 0.100. The molecule has 0 unspecified atom stereocenters. The first-order valence-electron chi connectivity index (χ1n) is 8.08. The number of H-pyrrole nitrogens is 1. The number of nitrogens with zero attached hydrogens (tertiary/aromatic N) is 2. The monoisotopic (exact) mass is 348 g/mol. The molecule has 4 nitrogen and oxygen atoms in total. The number of aromatic amines is 1. The largest absolute Gasteiger partial charge is 0.366 e. The van der Waals surface area contributed by atoms with Gasteiger partial charge in [0.15, 0.2) is 0 Å². The van der Waals surface area contributed by atoms with Gasteiger partial charge >= 0.3 is 0 Å². The Kier molecular flexibility index (Phi) is 4.12. The van der Waals surface area contributed by atoms with Crippen LogP contribution in [0.25, 0.3) is 22.3 Å². The second kappa shape index (κ2) is 6.57. The molecule has 0 atom stereocenters. The maximum Gasteiger partial charge on any atom is 0.138 e. The number of fused-ring (bicyclic) bond motifs is 1. The fourth-order valence-corrected chi connectivity index (χ4v) is 2.93. The average Bonchev–Trinajstić information content (AvgIpc) is 3.04. The van der Waals surface area contributed by atoms with Gasteiger partial charge in [0.25, 0.3) is 0 Å². The van der Waals surface area contributed by atoms with E-state index in [-0.39, 0.29) is 0 Å². The Hall–Kier alpha value is -2.85. The molecule has 1 aromatic carbocycles. The van der Waals surface area contributed by atoms with E-state index in [4.69, 9.17) is 16.6 Å². The highest BCUT2D eigenvalue weighted by Crippen LogP contribution is 2.28. The van der Waals surface area contributed by atoms with Crippen LogP contribution < -0.4 is 5.32 Å². The number of aryl methyl sites for hydroxylation is 1. The number of halogens is 1. The number of pyridine rings is 2. The molecule has 0 bridgehead atoms. The van der Waals surface area contributed by atoms with Crippen LogP contribution in [0.3, 0.4) is 0 Å². The maximum atomic E-state index is 6.09. The lowest BCUT2D eigenvalue weighted by atomic mass is 10.1. The highest BCUT2D eigenvalue weighted by Gasteiger charge is 2.09. The van der Waals surface area contributed by atoms with Gasteiger partial charge in [-0.2, -0.15) is 0 Å². The van der Waals surface area contributed by atoms with E-state index in [9.17, 15) is 0 Å². The van der Waals surface area contributed by atoms with Crippen molar-refractivity contribution in [2.75, 3.05) is 5.32 Å². The van der Waals surface area contributed by atoms with Gasteiger partial charge in [0.1, 0.15) is 11.5 Å². The summed E-state index contributed by atoms with van der Waals surface area (Å²) in [7, 11) is 0. The molecule has 0 fully saturated rings. The van der Waals surface area contributed by atoms with Crippen LogP contribution in [0.15, 0.2) is 60.9 Å². The summed E-state index contributed by atoms with van der Waals surface area (Å²) >= 11 is 6.09. The Bertz CT molecular complexity index is 1020. The van der Waals surface area contributed by atoms with Crippen molar-refractivity contribution in [2.24, 2.45) is 0 Å². The third-order valence-electron chi connectivity index (χ3n) is 4.12. The third-order valence-corrected chi connectivity index (χ3v) is 4.32. The lowest BCUT2D eigenvalue weighted by Crippen LogP contribution is -2.01. The molecular formula is C20H17ClN4. The molecule has 124 valence electrons. The van der Waals surface area contributed by atoms with Crippen molar-refractivity contribution in [2.45, 2.75) is 13.5 Å². The fourth-order valence-electron chi connectivity index (χ4n) is 2.77. The maximum absolute atomic E-state index is 6.09. The standard InChI is InChI=1S/C20H17ClN4/c1-13-5-7-14(8-6-13)10-22-19-4-2-3-18(25-19)17-12-24-20-16(17)9-15(21)11-23-20/h2-9,11-12H,10H2,1H3,(H,22,25)(H,23,24). The first-order valence-corrected chi connectivity index (χ1v) is 8.46. The van der Waals surface area contributed by atoms with E-state index in [0.29, 0.717) is 5.02 Å². The molecule has 4 rings (SSSR count). The van der Waals surface area contributed by atoms with Gasteiger partial charge in [0.2, 0.25) is 0 Å². The summed E-state index contributed by atoms with van der Waals surface area (Å²) in [5.41, 5.74) is 5.16. The van der Waals surface area contributed by atoms with Crippen LogP contribution in [-0.4, -0.2) is 15.0 Å². The molecule has 0 radical (unpaired) electrons. The molecule has 25 heavy (non-hydrogen) atoms. The van der Waals surface area contributed by atoms with Crippen molar-refractivity contribution in [1.29, 1.82) is 0 Å². The summed E-state index contributed by atoms with van der Waals surface area (Å²) < 4.78 is 0. The Morgan fingerprint density at radius 2 is 1.96 bits per heavy atom. The van der Waals surface area contributed by atoms with Crippen molar-refractivity contribution < 1.29 is 0 Å². The Morgan fingerprint density at radius 1 is 1.12 bits per heavy atom. The molecule has 2 N–H and O–H groups in total. The van der Waals surface area contributed by atoms with Crippen molar-refractivity contribution in [3.63, 3.8) is 0 Å². The topological polar surface area (TPSA) is 53.6 Å². The molecule has 0 aliphatic carbocycles. The van der Waals surface area contributed by atoms with Gasteiger partial charge in [-0.1, -0.05) is 47.5 Å². The molecule has 0 spiro atoms.